The Bertz CT molecular complexity index is 1560. The van der Waals surface area contributed by atoms with Crippen LogP contribution in [-0.2, 0) is 12.7 Å². The fourth-order valence-corrected chi connectivity index (χ4v) is 3.70. The van der Waals surface area contributed by atoms with Crippen LogP contribution in [0, 0.1) is 5.82 Å². The van der Waals surface area contributed by atoms with Gasteiger partial charge in [-0.2, -0.15) is 13.2 Å². The first-order valence-electron chi connectivity index (χ1n) is 11.2. The molecule has 3 N–H and O–H groups in total. The van der Waals surface area contributed by atoms with Gasteiger partial charge in [-0.3, -0.25) is 15.3 Å². The summed E-state index contributed by atoms with van der Waals surface area (Å²) < 4.78 is 54.0. The summed E-state index contributed by atoms with van der Waals surface area (Å²) in [6.07, 6.45) is -1.60. The van der Waals surface area contributed by atoms with Gasteiger partial charge in [0.25, 0.3) is 0 Å². The van der Waals surface area contributed by atoms with Crippen molar-refractivity contribution >= 4 is 35.5 Å². The van der Waals surface area contributed by atoms with E-state index in [1.54, 1.807) is 24.3 Å². The minimum atomic E-state index is -4.50. The van der Waals surface area contributed by atoms with Gasteiger partial charge in [0.1, 0.15) is 11.6 Å². The Morgan fingerprint density at radius 2 is 1.92 bits per heavy atom. The van der Waals surface area contributed by atoms with E-state index in [4.69, 9.17) is 5.11 Å². The predicted molar refractivity (Wildman–Crippen MR) is 138 cm³/mol. The van der Waals surface area contributed by atoms with Gasteiger partial charge in [-0.15, -0.1) is 0 Å². The Morgan fingerprint density at radius 1 is 1.11 bits per heavy atom. The Hall–Kier alpha value is -4.64. The molecule has 0 aliphatic heterocycles. The monoisotopic (exact) mass is 523 g/mol. The molecule has 0 fully saturated rings. The first-order chi connectivity index (χ1) is 18.2. The molecular formula is C27H21F4N5O2. The molecule has 194 valence electrons. The van der Waals surface area contributed by atoms with E-state index in [2.05, 4.69) is 32.0 Å². The minimum Gasteiger partial charge on any atom is -0.478 e. The Balaban J connectivity index is 1.47. The molecule has 3 aromatic carbocycles. The summed E-state index contributed by atoms with van der Waals surface area (Å²) in [7, 11) is 0. The van der Waals surface area contributed by atoms with Crippen molar-refractivity contribution in [2.45, 2.75) is 12.7 Å². The molecule has 0 aliphatic carbocycles. The summed E-state index contributed by atoms with van der Waals surface area (Å²) in [5.74, 6) is -1.55. The van der Waals surface area contributed by atoms with Crippen molar-refractivity contribution < 1.29 is 27.5 Å². The zero-order chi connectivity index (χ0) is 27.3. The Morgan fingerprint density at radius 3 is 2.63 bits per heavy atom. The molecule has 0 aliphatic rings. The fourth-order valence-electron chi connectivity index (χ4n) is 3.70. The van der Waals surface area contributed by atoms with Crippen LogP contribution in [-0.4, -0.2) is 40.6 Å². The molecular weight excluding hydrogens is 502 g/mol. The quantitative estimate of drug-likeness (QED) is 0.143. The van der Waals surface area contributed by atoms with Gasteiger partial charge >= 0.3 is 12.1 Å². The summed E-state index contributed by atoms with van der Waals surface area (Å²) in [4.78, 5) is 26.0. The van der Waals surface area contributed by atoms with E-state index >= 15 is 4.39 Å². The topological polar surface area (TPSA) is 103 Å². The highest BCUT2D eigenvalue weighted by Gasteiger charge is 2.30. The first kappa shape index (κ1) is 26.4. The van der Waals surface area contributed by atoms with Crippen LogP contribution in [0.25, 0.3) is 28.0 Å². The molecule has 11 heteroatoms. The van der Waals surface area contributed by atoms with E-state index in [0.717, 1.165) is 17.7 Å². The summed E-state index contributed by atoms with van der Waals surface area (Å²) in [6, 6.07) is 13.9. The standard InChI is InChI=1S/C27H21F4N5O2/c1-32-13-19(14-34-15-33-12-16-3-2-4-18(9-16)26(37)38)17-5-7-21(22(28)10-17)25-35-23-8-6-20(27(29,30)31)11-24(23)36-25/h2-11,13-14,33H,1,12,15H2,(H,35,36)(H,37,38)/b19-13+,34-14-. The number of aromatic carboxylic acids is 1. The highest BCUT2D eigenvalue weighted by Crippen LogP contribution is 2.32. The van der Waals surface area contributed by atoms with E-state index < -0.39 is 23.5 Å². The van der Waals surface area contributed by atoms with Crippen LogP contribution in [0.15, 0.2) is 76.8 Å². The molecule has 0 radical (unpaired) electrons. The predicted octanol–water partition coefficient (Wildman–Crippen LogP) is 5.95. The molecule has 1 aromatic heterocycles. The number of carboxylic acids is 1. The highest BCUT2D eigenvalue weighted by molar-refractivity contribution is 6.09. The average Bonchev–Trinajstić information content (AvgIpc) is 3.30. The summed E-state index contributed by atoms with van der Waals surface area (Å²) in [5.41, 5.74) is 1.57. The molecule has 4 aromatic rings. The molecule has 0 spiro atoms. The number of carboxylic acid groups (broad SMARTS) is 1. The second-order valence-electron chi connectivity index (χ2n) is 8.18. The Labute approximate surface area is 214 Å². The third-order valence-corrected chi connectivity index (χ3v) is 5.53. The number of aromatic amines is 1. The molecule has 0 saturated carbocycles. The van der Waals surface area contributed by atoms with E-state index in [0.29, 0.717) is 17.7 Å². The number of H-pyrrole nitrogens is 1. The van der Waals surface area contributed by atoms with Crippen LogP contribution in [0.1, 0.15) is 27.0 Å². The highest BCUT2D eigenvalue weighted by atomic mass is 19.4. The van der Waals surface area contributed by atoms with Crippen LogP contribution < -0.4 is 5.32 Å². The third-order valence-electron chi connectivity index (χ3n) is 5.53. The van der Waals surface area contributed by atoms with Crippen molar-refractivity contribution in [3.8, 4) is 11.4 Å². The van der Waals surface area contributed by atoms with E-state index in [1.807, 2.05) is 0 Å². The summed E-state index contributed by atoms with van der Waals surface area (Å²) in [6.45, 7) is 4.02. The molecule has 0 saturated heterocycles. The number of aliphatic imine (C=N–C) groups is 2. The molecule has 7 nitrogen and oxygen atoms in total. The lowest BCUT2D eigenvalue weighted by atomic mass is 10.0. The number of benzene rings is 3. The van der Waals surface area contributed by atoms with Gasteiger partial charge < -0.3 is 10.1 Å². The van der Waals surface area contributed by atoms with Gasteiger partial charge in [0.05, 0.1) is 34.4 Å². The number of nitrogens with one attached hydrogen (secondary N) is 2. The number of fused-ring (bicyclic) bond motifs is 1. The number of allylic oxidation sites excluding steroid dienone is 1. The van der Waals surface area contributed by atoms with Crippen molar-refractivity contribution in [1.29, 1.82) is 0 Å². The largest absolute Gasteiger partial charge is 0.478 e. The lowest BCUT2D eigenvalue weighted by Crippen LogP contribution is -2.13. The van der Waals surface area contributed by atoms with Gasteiger partial charge in [-0.1, -0.05) is 18.2 Å². The number of aromatic nitrogens is 2. The summed E-state index contributed by atoms with van der Waals surface area (Å²) in [5, 5.41) is 12.1. The van der Waals surface area contributed by atoms with Gasteiger partial charge in [0.15, 0.2) is 0 Å². The van der Waals surface area contributed by atoms with Gasteiger partial charge in [0.2, 0.25) is 0 Å². The molecule has 4 rings (SSSR count). The number of alkyl halides is 3. The van der Waals surface area contributed by atoms with Crippen LogP contribution in [0.4, 0.5) is 17.6 Å². The van der Waals surface area contributed by atoms with Crippen molar-refractivity contribution in [3.63, 3.8) is 0 Å². The normalized spacial score (nSPS) is 12.4. The number of halogens is 4. The van der Waals surface area contributed by atoms with Crippen LogP contribution in [0.2, 0.25) is 0 Å². The zero-order valence-electron chi connectivity index (χ0n) is 19.8. The number of rotatable bonds is 9. The Kier molecular flexibility index (Phi) is 7.77. The van der Waals surface area contributed by atoms with Crippen LogP contribution in [0.3, 0.4) is 0 Å². The van der Waals surface area contributed by atoms with Crippen molar-refractivity contribution in [3.05, 3.63) is 94.9 Å². The van der Waals surface area contributed by atoms with E-state index in [-0.39, 0.29) is 34.7 Å². The first-order valence-corrected chi connectivity index (χ1v) is 11.2. The van der Waals surface area contributed by atoms with E-state index in [1.165, 1.54) is 36.7 Å². The maximum absolute atomic E-state index is 15.0. The smallest absolute Gasteiger partial charge is 0.416 e. The molecule has 0 bridgehead atoms. The van der Waals surface area contributed by atoms with Gasteiger partial charge in [0, 0.05) is 24.5 Å². The van der Waals surface area contributed by atoms with Gasteiger partial charge in [-0.05, 0) is 60.3 Å². The molecule has 0 amide bonds. The third kappa shape index (κ3) is 6.19. The maximum atomic E-state index is 15.0. The second kappa shape index (κ2) is 11.2. The number of imidazole rings is 1. The average molecular weight is 523 g/mol. The molecule has 0 unspecified atom stereocenters. The zero-order valence-corrected chi connectivity index (χ0v) is 19.8. The minimum absolute atomic E-state index is 0.0895. The van der Waals surface area contributed by atoms with Crippen LogP contribution in [0.5, 0.6) is 0 Å². The molecule has 1 heterocycles. The van der Waals surface area contributed by atoms with Crippen molar-refractivity contribution in [2.24, 2.45) is 9.98 Å². The lowest BCUT2D eigenvalue weighted by Gasteiger charge is -2.06. The van der Waals surface area contributed by atoms with Gasteiger partial charge in [-0.25, -0.2) is 14.2 Å². The maximum Gasteiger partial charge on any atom is 0.416 e. The fraction of sp³-hybridized carbons (Fsp3) is 0.111. The molecule has 38 heavy (non-hydrogen) atoms. The lowest BCUT2D eigenvalue weighted by molar-refractivity contribution is -0.137. The van der Waals surface area contributed by atoms with Crippen molar-refractivity contribution in [2.75, 3.05) is 6.67 Å². The SMILES string of the molecule is C=N/C=C(\C=N/CNCc1cccc(C(=O)O)c1)c1ccc(-c2nc3ccc(C(F)(F)F)cc3[nH]2)c(F)c1. The second-order valence-corrected chi connectivity index (χ2v) is 8.18. The summed E-state index contributed by atoms with van der Waals surface area (Å²) >= 11 is 0. The van der Waals surface area contributed by atoms with E-state index in [9.17, 15) is 18.0 Å². The number of nitrogens with zero attached hydrogens (tertiary/aromatic N) is 3. The number of hydrogen-bond acceptors (Lipinski definition) is 5. The number of hydrogen-bond donors (Lipinski definition) is 3. The van der Waals surface area contributed by atoms with Crippen LogP contribution >= 0.6 is 0 Å². The molecule has 0 atom stereocenters. The van der Waals surface area contributed by atoms with Crippen molar-refractivity contribution in [1.82, 2.24) is 15.3 Å². The number of carbonyl (C=O) groups is 1.